The van der Waals surface area contributed by atoms with Gasteiger partial charge in [0.1, 0.15) is 0 Å². The van der Waals surface area contributed by atoms with Crippen molar-refractivity contribution < 1.29 is 19.1 Å². The summed E-state index contributed by atoms with van der Waals surface area (Å²) in [5.41, 5.74) is 9.23. The molecule has 0 saturated heterocycles. The topological polar surface area (TPSA) is 83.6 Å². The highest BCUT2D eigenvalue weighted by molar-refractivity contribution is 6.31. The molecule has 1 aliphatic heterocycles. The largest absolute Gasteiger partial charge is 0.454 e. The number of ketones is 1. The van der Waals surface area contributed by atoms with Gasteiger partial charge in [-0.3, -0.25) is 9.59 Å². The summed E-state index contributed by atoms with van der Waals surface area (Å²) in [5.74, 6) is 0.851. The fraction of sp³-hybridized carbons (Fsp3) is 0.238. The molecule has 2 heterocycles. The van der Waals surface area contributed by atoms with E-state index in [2.05, 4.69) is 0 Å². The minimum Gasteiger partial charge on any atom is -0.454 e. The molecule has 0 atom stereocenters. The van der Waals surface area contributed by atoms with Crippen molar-refractivity contribution in [3.63, 3.8) is 0 Å². The second-order valence-electron chi connectivity index (χ2n) is 7.08. The molecule has 6 nitrogen and oxygen atoms in total. The standard InChI is InChI=1S/C21H17ClN2O4/c22-15-8-19-18(27-10-28-19)7-12(15)9-24-16-6-11(21(23)26)4-5-13(16)14-2-1-3-17(25)20(14)24/h4-8H,1-3,9-10H2,(H2,23,26). The molecule has 0 bridgehead atoms. The molecule has 2 aromatic carbocycles. The summed E-state index contributed by atoms with van der Waals surface area (Å²) in [5, 5.41) is 1.51. The number of hydrogen-bond donors (Lipinski definition) is 1. The fourth-order valence-corrected chi connectivity index (χ4v) is 4.32. The molecule has 7 heteroatoms. The van der Waals surface area contributed by atoms with E-state index >= 15 is 0 Å². The lowest BCUT2D eigenvalue weighted by Crippen LogP contribution is -2.16. The Labute approximate surface area is 165 Å². The molecule has 2 N–H and O–H groups in total. The molecule has 1 aromatic heterocycles. The minimum atomic E-state index is -0.500. The number of carbonyl (C=O) groups excluding carboxylic acids is 2. The summed E-state index contributed by atoms with van der Waals surface area (Å²) in [6, 6.07) is 8.92. The van der Waals surface area contributed by atoms with E-state index in [1.54, 1.807) is 18.2 Å². The van der Waals surface area contributed by atoms with E-state index in [4.69, 9.17) is 26.8 Å². The third kappa shape index (κ3) is 2.56. The van der Waals surface area contributed by atoms with Crippen molar-refractivity contribution >= 4 is 34.2 Å². The van der Waals surface area contributed by atoms with Crippen molar-refractivity contribution in [2.45, 2.75) is 25.8 Å². The molecule has 0 radical (unpaired) electrons. The number of carbonyl (C=O) groups is 2. The van der Waals surface area contributed by atoms with Gasteiger partial charge >= 0.3 is 0 Å². The van der Waals surface area contributed by atoms with Crippen molar-refractivity contribution in [1.29, 1.82) is 0 Å². The van der Waals surface area contributed by atoms with Crippen LogP contribution in [-0.4, -0.2) is 23.1 Å². The molecule has 1 aliphatic carbocycles. The number of fused-ring (bicyclic) bond motifs is 4. The third-order valence-corrected chi connectivity index (χ3v) is 5.77. The average molecular weight is 397 g/mol. The van der Waals surface area contributed by atoms with Crippen LogP contribution < -0.4 is 15.2 Å². The van der Waals surface area contributed by atoms with Crippen LogP contribution in [0.4, 0.5) is 0 Å². The Balaban J connectivity index is 1.72. The van der Waals surface area contributed by atoms with E-state index in [0.717, 1.165) is 34.9 Å². The van der Waals surface area contributed by atoms with E-state index in [0.29, 0.717) is 40.7 Å². The summed E-state index contributed by atoms with van der Waals surface area (Å²) in [7, 11) is 0. The van der Waals surface area contributed by atoms with Crippen LogP contribution >= 0.6 is 11.6 Å². The van der Waals surface area contributed by atoms with E-state index in [9.17, 15) is 9.59 Å². The summed E-state index contributed by atoms with van der Waals surface area (Å²) >= 11 is 6.47. The van der Waals surface area contributed by atoms with Crippen LogP contribution in [0.15, 0.2) is 30.3 Å². The second kappa shape index (κ2) is 6.27. The van der Waals surface area contributed by atoms with Gasteiger partial charge in [0.25, 0.3) is 0 Å². The number of benzene rings is 2. The normalized spacial score (nSPS) is 15.1. The van der Waals surface area contributed by atoms with Crippen LogP contribution in [0.1, 0.15) is 44.8 Å². The molecular formula is C21H17ClN2O4. The lowest BCUT2D eigenvalue weighted by atomic mass is 9.94. The predicted octanol–water partition coefficient (Wildman–Crippen LogP) is 3.69. The van der Waals surface area contributed by atoms with Crippen LogP contribution in [-0.2, 0) is 13.0 Å². The van der Waals surface area contributed by atoms with Gasteiger partial charge in [0.15, 0.2) is 17.3 Å². The lowest BCUT2D eigenvalue weighted by molar-refractivity contribution is 0.0962. The number of hydrogen-bond acceptors (Lipinski definition) is 4. The highest BCUT2D eigenvalue weighted by atomic mass is 35.5. The SMILES string of the molecule is NC(=O)c1ccc2c3c(n(Cc4cc5c(cc4Cl)OCO5)c2c1)C(=O)CCC3. The van der Waals surface area contributed by atoms with Crippen LogP contribution in [0.2, 0.25) is 5.02 Å². The Morgan fingerprint density at radius 1 is 1.14 bits per heavy atom. The maximum Gasteiger partial charge on any atom is 0.248 e. The predicted molar refractivity (Wildman–Crippen MR) is 104 cm³/mol. The Hall–Kier alpha value is -2.99. The number of halogens is 1. The van der Waals surface area contributed by atoms with Crippen LogP contribution in [0, 0.1) is 0 Å². The first-order valence-electron chi connectivity index (χ1n) is 9.09. The molecular weight excluding hydrogens is 380 g/mol. The minimum absolute atomic E-state index is 0.106. The molecule has 3 aromatic rings. The van der Waals surface area contributed by atoms with Crippen molar-refractivity contribution in [1.82, 2.24) is 4.57 Å². The van der Waals surface area contributed by atoms with Crippen molar-refractivity contribution in [3.05, 3.63) is 57.7 Å². The number of primary amides is 1. The molecule has 0 unspecified atom stereocenters. The first kappa shape index (κ1) is 17.1. The highest BCUT2D eigenvalue weighted by Crippen LogP contribution is 2.39. The van der Waals surface area contributed by atoms with Crippen LogP contribution in [0.5, 0.6) is 11.5 Å². The van der Waals surface area contributed by atoms with E-state index in [1.165, 1.54) is 0 Å². The quantitative estimate of drug-likeness (QED) is 0.731. The Morgan fingerprint density at radius 3 is 2.71 bits per heavy atom. The average Bonchev–Trinajstić information content (AvgIpc) is 3.25. The number of amides is 1. The summed E-state index contributed by atoms with van der Waals surface area (Å²) in [6.45, 7) is 0.548. The van der Waals surface area contributed by atoms with Gasteiger partial charge in [-0.25, -0.2) is 0 Å². The van der Waals surface area contributed by atoms with E-state index < -0.39 is 5.91 Å². The Morgan fingerprint density at radius 2 is 1.93 bits per heavy atom. The van der Waals surface area contributed by atoms with E-state index in [1.807, 2.05) is 16.7 Å². The van der Waals surface area contributed by atoms with Gasteiger partial charge in [-0.2, -0.15) is 0 Å². The van der Waals surface area contributed by atoms with Crippen molar-refractivity contribution in [2.75, 3.05) is 6.79 Å². The van der Waals surface area contributed by atoms with Gasteiger partial charge < -0.3 is 19.8 Å². The maximum absolute atomic E-state index is 12.8. The number of ether oxygens (including phenoxy) is 2. The maximum atomic E-state index is 12.8. The molecule has 0 spiro atoms. The molecule has 2 aliphatic rings. The van der Waals surface area contributed by atoms with Crippen LogP contribution in [0.3, 0.4) is 0 Å². The van der Waals surface area contributed by atoms with Gasteiger partial charge in [-0.15, -0.1) is 0 Å². The monoisotopic (exact) mass is 396 g/mol. The zero-order valence-electron chi connectivity index (χ0n) is 15.0. The Bertz CT molecular complexity index is 1170. The second-order valence-corrected chi connectivity index (χ2v) is 7.49. The zero-order valence-corrected chi connectivity index (χ0v) is 15.7. The number of nitrogens with zero attached hydrogens (tertiary/aromatic N) is 1. The number of Topliss-reactive ketones (excluding diaryl/α,β-unsaturated/α-hetero) is 1. The molecule has 1 amide bonds. The highest BCUT2D eigenvalue weighted by Gasteiger charge is 2.27. The van der Waals surface area contributed by atoms with Gasteiger partial charge in [0.2, 0.25) is 12.7 Å². The number of aromatic nitrogens is 1. The molecule has 28 heavy (non-hydrogen) atoms. The van der Waals surface area contributed by atoms with Gasteiger partial charge in [-0.05, 0) is 42.2 Å². The molecule has 5 rings (SSSR count). The first-order valence-corrected chi connectivity index (χ1v) is 9.47. The fourth-order valence-electron chi connectivity index (χ4n) is 4.11. The summed E-state index contributed by atoms with van der Waals surface area (Å²) in [4.78, 5) is 24.5. The summed E-state index contributed by atoms with van der Waals surface area (Å²) < 4.78 is 12.8. The zero-order chi connectivity index (χ0) is 19.4. The van der Waals surface area contributed by atoms with Crippen LogP contribution in [0.25, 0.3) is 10.9 Å². The van der Waals surface area contributed by atoms with Crippen molar-refractivity contribution in [2.24, 2.45) is 5.73 Å². The third-order valence-electron chi connectivity index (χ3n) is 5.42. The van der Waals surface area contributed by atoms with E-state index in [-0.39, 0.29) is 12.6 Å². The summed E-state index contributed by atoms with van der Waals surface area (Å²) in [6.07, 6.45) is 2.17. The first-order chi connectivity index (χ1) is 13.5. The van der Waals surface area contributed by atoms with Gasteiger partial charge in [0.05, 0.1) is 5.69 Å². The van der Waals surface area contributed by atoms with Gasteiger partial charge in [-0.1, -0.05) is 17.7 Å². The van der Waals surface area contributed by atoms with Gasteiger partial charge in [0, 0.05) is 40.5 Å². The lowest BCUT2D eigenvalue weighted by Gasteiger charge is -2.16. The molecule has 0 fully saturated rings. The number of aryl methyl sites for hydroxylation is 1. The van der Waals surface area contributed by atoms with Crippen molar-refractivity contribution in [3.8, 4) is 11.5 Å². The Kier molecular flexibility index (Phi) is 3.84. The smallest absolute Gasteiger partial charge is 0.248 e. The number of rotatable bonds is 3. The molecule has 142 valence electrons. The number of nitrogens with two attached hydrogens (primary N) is 1. The molecule has 0 saturated carbocycles.